The third-order valence-electron chi connectivity index (χ3n) is 3.68. The minimum Gasteiger partial charge on any atom is -0.353 e. The predicted molar refractivity (Wildman–Crippen MR) is 87.8 cm³/mol. The van der Waals surface area contributed by atoms with Crippen LogP contribution in [0.2, 0.25) is 0 Å². The van der Waals surface area contributed by atoms with Crippen LogP contribution in [-0.2, 0) is 6.42 Å². The van der Waals surface area contributed by atoms with Crippen molar-refractivity contribution in [2.75, 3.05) is 11.4 Å². The first kappa shape index (κ1) is 15.3. The summed E-state index contributed by atoms with van der Waals surface area (Å²) in [5.74, 6) is 1.12. The number of aromatic nitrogens is 2. The van der Waals surface area contributed by atoms with Crippen molar-refractivity contribution in [1.29, 1.82) is 0 Å². The maximum atomic E-state index is 6.19. The number of nitrogens with two attached hydrogens (primary N) is 1. The average molecular weight is 294 g/mol. The number of rotatable bonds is 7. The van der Waals surface area contributed by atoms with E-state index in [9.17, 15) is 0 Å². The predicted octanol–water partition coefficient (Wildman–Crippen LogP) is 3.30. The van der Waals surface area contributed by atoms with Crippen molar-refractivity contribution in [3.05, 3.63) is 17.3 Å². The molecule has 0 radical (unpaired) electrons. The minimum absolute atomic E-state index is 0.198. The monoisotopic (exact) mass is 294 g/mol. The normalized spacial score (nSPS) is 13.3. The summed E-state index contributed by atoms with van der Waals surface area (Å²) in [7, 11) is 0. The van der Waals surface area contributed by atoms with Gasteiger partial charge in [0.05, 0.1) is 5.69 Å². The Labute approximate surface area is 125 Å². The molecule has 0 spiro atoms. The Hall–Kier alpha value is -1.07. The van der Waals surface area contributed by atoms with Crippen molar-refractivity contribution < 1.29 is 0 Å². The number of hydrogen-bond donors (Lipinski definition) is 1. The highest BCUT2D eigenvalue weighted by molar-refractivity contribution is 7.15. The molecule has 0 bridgehead atoms. The first-order valence-corrected chi connectivity index (χ1v) is 8.43. The fourth-order valence-electron chi connectivity index (χ4n) is 2.48. The van der Waals surface area contributed by atoms with Gasteiger partial charge in [-0.05, 0) is 26.7 Å². The maximum absolute atomic E-state index is 6.19. The van der Waals surface area contributed by atoms with Gasteiger partial charge in [0.15, 0.2) is 10.8 Å². The Morgan fingerprint density at radius 3 is 2.75 bits per heavy atom. The Balaban J connectivity index is 2.44. The molecule has 0 amide bonds. The molecule has 0 saturated carbocycles. The molecule has 2 rings (SSSR count). The van der Waals surface area contributed by atoms with Crippen LogP contribution in [0.25, 0.3) is 4.96 Å². The van der Waals surface area contributed by atoms with Crippen molar-refractivity contribution in [2.45, 2.75) is 59.0 Å². The van der Waals surface area contributed by atoms with E-state index < -0.39 is 0 Å². The molecule has 0 aromatic carbocycles. The van der Waals surface area contributed by atoms with E-state index in [0.717, 1.165) is 36.6 Å². The van der Waals surface area contributed by atoms with Gasteiger partial charge in [0.1, 0.15) is 0 Å². The molecular weight excluding hydrogens is 268 g/mol. The van der Waals surface area contributed by atoms with Gasteiger partial charge in [-0.3, -0.25) is 4.40 Å². The van der Waals surface area contributed by atoms with Gasteiger partial charge in [-0.15, -0.1) is 11.3 Å². The molecule has 0 aliphatic rings. The number of fused-ring (bicyclic) bond motifs is 1. The second kappa shape index (κ2) is 6.59. The van der Waals surface area contributed by atoms with Crippen LogP contribution in [0.5, 0.6) is 0 Å². The molecule has 112 valence electrons. The quantitative estimate of drug-likeness (QED) is 0.852. The Morgan fingerprint density at radius 2 is 2.15 bits per heavy atom. The van der Waals surface area contributed by atoms with Gasteiger partial charge in [-0.1, -0.05) is 13.8 Å². The molecule has 0 fully saturated rings. The molecule has 2 N–H and O–H groups in total. The van der Waals surface area contributed by atoms with E-state index in [0.29, 0.717) is 6.04 Å². The van der Waals surface area contributed by atoms with E-state index in [4.69, 9.17) is 10.7 Å². The zero-order valence-corrected chi connectivity index (χ0v) is 13.8. The summed E-state index contributed by atoms with van der Waals surface area (Å²) in [4.78, 5) is 8.32. The van der Waals surface area contributed by atoms with Gasteiger partial charge >= 0.3 is 0 Å². The van der Waals surface area contributed by atoms with Crippen LogP contribution >= 0.6 is 11.3 Å². The second-order valence-electron chi connectivity index (χ2n) is 5.60. The van der Waals surface area contributed by atoms with E-state index in [2.05, 4.69) is 48.6 Å². The summed E-state index contributed by atoms with van der Waals surface area (Å²) < 4.78 is 2.21. The highest BCUT2D eigenvalue weighted by atomic mass is 32.1. The number of anilines is 1. The van der Waals surface area contributed by atoms with Gasteiger partial charge in [-0.25, -0.2) is 4.98 Å². The summed E-state index contributed by atoms with van der Waals surface area (Å²) in [6.45, 7) is 9.85. The van der Waals surface area contributed by atoms with Gasteiger partial charge in [-0.2, -0.15) is 0 Å². The van der Waals surface area contributed by atoms with Gasteiger partial charge in [0, 0.05) is 36.6 Å². The third-order valence-corrected chi connectivity index (χ3v) is 4.44. The van der Waals surface area contributed by atoms with E-state index >= 15 is 0 Å². The van der Waals surface area contributed by atoms with Gasteiger partial charge in [0.2, 0.25) is 0 Å². The van der Waals surface area contributed by atoms with Crippen LogP contribution in [0.3, 0.4) is 0 Å². The van der Waals surface area contributed by atoms with Crippen LogP contribution in [0.4, 0.5) is 5.82 Å². The number of hydrogen-bond acceptors (Lipinski definition) is 4. The maximum Gasteiger partial charge on any atom is 0.195 e. The zero-order chi connectivity index (χ0) is 14.7. The molecule has 0 aliphatic heterocycles. The van der Waals surface area contributed by atoms with Gasteiger partial charge < -0.3 is 10.6 Å². The Bertz CT molecular complexity index is 543. The van der Waals surface area contributed by atoms with Gasteiger partial charge in [0.25, 0.3) is 0 Å². The summed E-state index contributed by atoms with van der Waals surface area (Å²) in [5.41, 5.74) is 7.45. The molecule has 5 heteroatoms. The van der Waals surface area contributed by atoms with Crippen molar-refractivity contribution in [3.8, 4) is 0 Å². The highest BCUT2D eigenvalue weighted by Gasteiger charge is 2.21. The fraction of sp³-hybridized carbons (Fsp3) is 0.667. The van der Waals surface area contributed by atoms with E-state index in [1.807, 2.05) is 0 Å². The number of thiazole rings is 1. The molecular formula is C15H26N4S. The van der Waals surface area contributed by atoms with E-state index in [1.54, 1.807) is 11.3 Å². The van der Waals surface area contributed by atoms with E-state index in [1.165, 1.54) is 5.69 Å². The first-order chi connectivity index (χ1) is 9.58. The van der Waals surface area contributed by atoms with Crippen molar-refractivity contribution in [2.24, 2.45) is 5.73 Å². The second-order valence-corrected chi connectivity index (χ2v) is 6.47. The van der Waals surface area contributed by atoms with E-state index in [-0.39, 0.29) is 6.04 Å². The summed E-state index contributed by atoms with van der Waals surface area (Å²) in [5, 5.41) is 2.09. The zero-order valence-electron chi connectivity index (χ0n) is 13.0. The lowest BCUT2D eigenvalue weighted by atomic mass is 10.1. The Morgan fingerprint density at radius 1 is 1.40 bits per heavy atom. The average Bonchev–Trinajstić information content (AvgIpc) is 2.98. The molecule has 2 aromatic rings. The van der Waals surface area contributed by atoms with Crippen LogP contribution < -0.4 is 10.6 Å². The van der Waals surface area contributed by atoms with Crippen molar-refractivity contribution >= 4 is 22.1 Å². The lowest BCUT2D eigenvalue weighted by Gasteiger charge is -2.28. The van der Waals surface area contributed by atoms with Crippen molar-refractivity contribution in [3.63, 3.8) is 0 Å². The highest BCUT2D eigenvalue weighted by Crippen LogP contribution is 2.27. The molecule has 1 atom stereocenters. The largest absolute Gasteiger partial charge is 0.353 e. The lowest BCUT2D eigenvalue weighted by molar-refractivity contribution is 0.620. The molecule has 4 nitrogen and oxygen atoms in total. The summed E-state index contributed by atoms with van der Waals surface area (Å²) in [6, 6.07) is 0.653. The lowest BCUT2D eigenvalue weighted by Crippen LogP contribution is -2.33. The fourth-order valence-corrected chi connectivity index (χ4v) is 3.21. The Kier molecular flexibility index (Phi) is 5.05. The molecule has 1 unspecified atom stereocenters. The molecule has 20 heavy (non-hydrogen) atoms. The van der Waals surface area contributed by atoms with Crippen LogP contribution in [0.15, 0.2) is 11.6 Å². The topological polar surface area (TPSA) is 46.6 Å². The molecule has 0 aliphatic carbocycles. The van der Waals surface area contributed by atoms with Crippen molar-refractivity contribution in [1.82, 2.24) is 9.38 Å². The molecule has 0 saturated heterocycles. The number of nitrogens with zero attached hydrogens (tertiary/aromatic N) is 3. The molecule has 2 aromatic heterocycles. The summed E-state index contributed by atoms with van der Waals surface area (Å²) in [6.07, 6.45) is 5.12. The van der Waals surface area contributed by atoms with Crippen LogP contribution in [0.1, 0.15) is 46.2 Å². The minimum atomic E-state index is 0.198. The SMILES string of the molecule is CCCN(c1nc2sccn2c1CC(N)CC)C(C)C. The molecule has 2 heterocycles. The third kappa shape index (κ3) is 2.99. The smallest absolute Gasteiger partial charge is 0.195 e. The van der Waals surface area contributed by atoms with Crippen LogP contribution in [-0.4, -0.2) is 28.0 Å². The van der Waals surface area contributed by atoms with Crippen LogP contribution in [0, 0.1) is 0 Å². The summed E-state index contributed by atoms with van der Waals surface area (Å²) >= 11 is 1.69. The number of imidazole rings is 1. The standard InChI is InChI=1S/C15H26N4S/c1-5-7-18(11(3)4)14-13(10-12(16)6-2)19-8-9-20-15(19)17-14/h8-9,11-12H,5-7,10,16H2,1-4H3. The first-order valence-electron chi connectivity index (χ1n) is 7.55.